The quantitative estimate of drug-likeness (QED) is 0.491. The standard InChI is InChI=1S/C8H10N4O2/c13-8(6-3-9-10-4-6)12-2-1-7(5-12)11-14/h3-4,14H,1-2,5H2,(H,9,10)/b11-7+. The number of likely N-dealkylation sites (tertiary alicyclic amines) is 1. The van der Waals surface area contributed by atoms with Crippen LogP contribution in [-0.4, -0.2) is 45.0 Å². The lowest BCUT2D eigenvalue weighted by Gasteiger charge is -2.12. The first-order chi connectivity index (χ1) is 6.81. The van der Waals surface area contributed by atoms with E-state index in [0.29, 0.717) is 30.8 Å². The van der Waals surface area contributed by atoms with Crippen molar-refractivity contribution in [3.8, 4) is 0 Å². The Kier molecular flexibility index (Phi) is 2.18. The van der Waals surface area contributed by atoms with Crippen LogP contribution in [0.5, 0.6) is 0 Å². The molecular weight excluding hydrogens is 184 g/mol. The average molecular weight is 194 g/mol. The summed E-state index contributed by atoms with van der Waals surface area (Å²) in [6, 6.07) is 0. The van der Waals surface area contributed by atoms with Gasteiger partial charge in [-0.2, -0.15) is 5.10 Å². The smallest absolute Gasteiger partial charge is 0.257 e. The average Bonchev–Trinajstić information content (AvgIpc) is 2.88. The van der Waals surface area contributed by atoms with Crippen molar-refractivity contribution in [2.24, 2.45) is 5.16 Å². The first kappa shape index (κ1) is 8.74. The Labute approximate surface area is 80.2 Å². The zero-order valence-corrected chi connectivity index (χ0v) is 7.47. The molecule has 0 bridgehead atoms. The SMILES string of the molecule is O=C(c1cn[nH]c1)N1CC/C(=N\O)C1. The molecule has 1 aromatic heterocycles. The van der Waals surface area contributed by atoms with E-state index in [1.54, 1.807) is 11.1 Å². The largest absolute Gasteiger partial charge is 0.411 e. The highest BCUT2D eigenvalue weighted by atomic mass is 16.4. The molecule has 0 unspecified atom stereocenters. The van der Waals surface area contributed by atoms with Gasteiger partial charge in [-0.25, -0.2) is 0 Å². The van der Waals surface area contributed by atoms with E-state index in [-0.39, 0.29) is 5.91 Å². The maximum Gasteiger partial charge on any atom is 0.257 e. The number of carbonyl (C=O) groups is 1. The Bertz CT molecular complexity index is 357. The fourth-order valence-corrected chi connectivity index (χ4v) is 1.45. The van der Waals surface area contributed by atoms with Crippen molar-refractivity contribution in [2.75, 3.05) is 13.1 Å². The molecule has 0 atom stereocenters. The van der Waals surface area contributed by atoms with Crippen LogP contribution >= 0.6 is 0 Å². The van der Waals surface area contributed by atoms with Gasteiger partial charge in [0.05, 0.1) is 24.0 Å². The van der Waals surface area contributed by atoms with Crippen LogP contribution in [0.3, 0.4) is 0 Å². The molecular formula is C8H10N4O2. The van der Waals surface area contributed by atoms with Crippen LogP contribution in [0.4, 0.5) is 0 Å². The van der Waals surface area contributed by atoms with Gasteiger partial charge in [-0.1, -0.05) is 5.16 Å². The van der Waals surface area contributed by atoms with E-state index in [0.717, 1.165) is 0 Å². The second-order valence-electron chi connectivity index (χ2n) is 3.13. The first-order valence-electron chi connectivity index (χ1n) is 4.29. The summed E-state index contributed by atoms with van der Waals surface area (Å²) in [5.41, 5.74) is 1.17. The van der Waals surface area contributed by atoms with Gasteiger partial charge in [0.2, 0.25) is 0 Å². The lowest BCUT2D eigenvalue weighted by Crippen LogP contribution is -2.28. The highest BCUT2D eigenvalue weighted by Gasteiger charge is 2.24. The minimum Gasteiger partial charge on any atom is -0.411 e. The van der Waals surface area contributed by atoms with Crippen LogP contribution in [0.25, 0.3) is 0 Å². The van der Waals surface area contributed by atoms with Gasteiger partial charge in [-0.15, -0.1) is 0 Å². The molecule has 0 aromatic carbocycles. The van der Waals surface area contributed by atoms with Crippen LogP contribution in [0.2, 0.25) is 0 Å². The van der Waals surface area contributed by atoms with Gasteiger partial charge in [-0.3, -0.25) is 9.89 Å². The van der Waals surface area contributed by atoms with Gasteiger partial charge >= 0.3 is 0 Å². The summed E-state index contributed by atoms with van der Waals surface area (Å²) in [7, 11) is 0. The van der Waals surface area contributed by atoms with Gasteiger partial charge in [0, 0.05) is 19.2 Å². The van der Waals surface area contributed by atoms with Crippen molar-refractivity contribution in [2.45, 2.75) is 6.42 Å². The number of amides is 1. The summed E-state index contributed by atoms with van der Waals surface area (Å²) in [4.78, 5) is 13.3. The highest BCUT2D eigenvalue weighted by Crippen LogP contribution is 2.10. The minimum absolute atomic E-state index is 0.0857. The number of aromatic nitrogens is 2. The van der Waals surface area contributed by atoms with E-state index in [2.05, 4.69) is 15.4 Å². The third-order valence-electron chi connectivity index (χ3n) is 2.22. The molecule has 1 amide bonds. The van der Waals surface area contributed by atoms with Crippen molar-refractivity contribution >= 4 is 11.6 Å². The fourth-order valence-electron chi connectivity index (χ4n) is 1.45. The maximum absolute atomic E-state index is 11.7. The van der Waals surface area contributed by atoms with Crippen LogP contribution in [0.1, 0.15) is 16.8 Å². The molecule has 74 valence electrons. The number of hydrogen-bond acceptors (Lipinski definition) is 4. The number of aromatic amines is 1. The molecule has 0 saturated carbocycles. The summed E-state index contributed by atoms with van der Waals surface area (Å²) in [5.74, 6) is -0.0857. The summed E-state index contributed by atoms with van der Waals surface area (Å²) in [5, 5.41) is 17.9. The number of nitrogens with zero attached hydrogens (tertiary/aromatic N) is 3. The maximum atomic E-state index is 11.7. The molecule has 1 aliphatic rings. The van der Waals surface area contributed by atoms with Crippen LogP contribution in [-0.2, 0) is 0 Å². The summed E-state index contributed by atoms with van der Waals surface area (Å²) < 4.78 is 0. The number of hydrogen-bond donors (Lipinski definition) is 2. The number of rotatable bonds is 1. The van der Waals surface area contributed by atoms with Crippen LogP contribution in [0, 0.1) is 0 Å². The van der Waals surface area contributed by atoms with Crippen molar-refractivity contribution in [1.29, 1.82) is 0 Å². The molecule has 6 heteroatoms. The van der Waals surface area contributed by atoms with Crippen molar-refractivity contribution in [1.82, 2.24) is 15.1 Å². The Hall–Kier alpha value is -1.85. The highest BCUT2D eigenvalue weighted by molar-refractivity contribution is 5.99. The zero-order valence-electron chi connectivity index (χ0n) is 7.47. The molecule has 2 N–H and O–H groups in total. The summed E-state index contributed by atoms with van der Waals surface area (Å²) in [6.07, 6.45) is 3.67. The molecule has 2 heterocycles. The van der Waals surface area contributed by atoms with E-state index in [1.165, 1.54) is 6.20 Å². The summed E-state index contributed by atoms with van der Waals surface area (Å²) in [6.45, 7) is 1.00. The Balaban J connectivity index is 2.08. The predicted molar refractivity (Wildman–Crippen MR) is 48.3 cm³/mol. The van der Waals surface area contributed by atoms with E-state index < -0.39 is 0 Å². The molecule has 6 nitrogen and oxygen atoms in total. The van der Waals surface area contributed by atoms with Crippen molar-refractivity contribution in [3.63, 3.8) is 0 Å². The Morgan fingerprint density at radius 3 is 3.14 bits per heavy atom. The van der Waals surface area contributed by atoms with Gasteiger partial charge in [0.15, 0.2) is 0 Å². The Morgan fingerprint density at radius 2 is 2.57 bits per heavy atom. The fraction of sp³-hybridized carbons (Fsp3) is 0.375. The van der Waals surface area contributed by atoms with Crippen molar-refractivity contribution < 1.29 is 10.0 Å². The zero-order chi connectivity index (χ0) is 9.97. The van der Waals surface area contributed by atoms with Crippen molar-refractivity contribution in [3.05, 3.63) is 18.0 Å². The summed E-state index contributed by atoms with van der Waals surface area (Å²) >= 11 is 0. The van der Waals surface area contributed by atoms with Crippen LogP contribution < -0.4 is 0 Å². The molecule has 0 spiro atoms. The monoisotopic (exact) mass is 194 g/mol. The van der Waals surface area contributed by atoms with Gasteiger partial charge < -0.3 is 10.1 Å². The van der Waals surface area contributed by atoms with Gasteiger partial charge in [0.25, 0.3) is 5.91 Å². The van der Waals surface area contributed by atoms with Crippen LogP contribution in [0.15, 0.2) is 17.5 Å². The predicted octanol–water partition coefficient (Wildman–Crippen LogP) is 0.0858. The Morgan fingerprint density at radius 1 is 1.71 bits per heavy atom. The lowest BCUT2D eigenvalue weighted by atomic mass is 10.3. The minimum atomic E-state index is -0.0857. The molecule has 1 saturated heterocycles. The van der Waals surface area contributed by atoms with E-state index >= 15 is 0 Å². The second kappa shape index (κ2) is 3.49. The third kappa shape index (κ3) is 1.46. The number of carbonyl (C=O) groups excluding carboxylic acids is 1. The first-order valence-corrected chi connectivity index (χ1v) is 4.29. The van der Waals surface area contributed by atoms with E-state index in [1.807, 2.05) is 0 Å². The molecule has 0 radical (unpaired) electrons. The molecule has 1 aliphatic heterocycles. The molecule has 2 rings (SSSR count). The molecule has 0 aliphatic carbocycles. The van der Waals surface area contributed by atoms with Gasteiger partial charge in [-0.05, 0) is 0 Å². The van der Waals surface area contributed by atoms with Gasteiger partial charge in [0.1, 0.15) is 0 Å². The topological polar surface area (TPSA) is 81.6 Å². The number of oxime groups is 1. The van der Waals surface area contributed by atoms with E-state index in [9.17, 15) is 4.79 Å². The third-order valence-corrected chi connectivity index (χ3v) is 2.22. The number of nitrogens with one attached hydrogen (secondary N) is 1. The lowest BCUT2D eigenvalue weighted by molar-refractivity contribution is 0.0798. The molecule has 1 aromatic rings. The second-order valence-corrected chi connectivity index (χ2v) is 3.13. The number of H-pyrrole nitrogens is 1. The molecule has 14 heavy (non-hydrogen) atoms. The normalized spacial score (nSPS) is 19.1. The van der Waals surface area contributed by atoms with E-state index in [4.69, 9.17) is 5.21 Å². The molecule has 1 fully saturated rings.